The van der Waals surface area contributed by atoms with Crippen molar-refractivity contribution in [3.8, 4) is 11.5 Å². The summed E-state index contributed by atoms with van der Waals surface area (Å²) in [5.41, 5.74) is 3.76. The minimum atomic E-state index is 0.533. The lowest BCUT2D eigenvalue weighted by molar-refractivity contribution is 0.306. The van der Waals surface area contributed by atoms with Gasteiger partial charge in [0.25, 0.3) is 0 Å². The monoisotopic (exact) mass is 359 g/mol. The third-order valence-electron chi connectivity index (χ3n) is 5.09. The Balaban J connectivity index is 1.28. The Kier molecular flexibility index (Phi) is 5.40. The van der Waals surface area contributed by atoms with Crippen LogP contribution >= 0.6 is 0 Å². The molecule has 1 aliphatic rings. The molecule has 0 bridgehead atoms. The summed E-state index contributed by atoms with van der Waals surface area (Å²) in [5, 5.41) is 3.65. The first-order valence-corrected chi connectivity index (χ1v) is 9.45. The molecule has 3 aromatic carbocycles. The highest BCUT2D eigenvalue weighted by molar-refractivity contribution is 5.35. The van der Waals surface area contributed by atoms with E-state index in [1.54, 1.807) is 7.11 Å². The van der Waals surface area contributed by atoms with Crippen LogP contribution in [0.5, 0.6) is 11.5 Å². The normalized spacial score (nSPS) is 18.1. The van der Waals surface area contributed by atoms with Crippen molar-refractivity contribution in [2.75, 3.05) is 7.11 Å². The summed E-state index contributed by atoms with van der Waals surface area (Å²) in [4.78, 5) is 0. The molecule has 0 heterocycles. The minimum absolute atomic E-state index is 0.533. The van der Waals surface area contributed by atoms with Gasteiger partial charge in [-0.15, -0.1) is 0 Å². The standard InChI is InChI=1S/C24H25NO2/c1-26-24-10-6-5-9-20(24)16-25-23-15-22(23)19-11-13-21(14-12-19)27-17-18-7-3-2-4-8-18/h2-14,22-23,25H,15-17H2,1H3. The second kappa shape index (κ2) is 8.28. The van der Waals surface area contributed by atoms with Crippen molar-refractivity contribution in [2.45, 2.75) is 31.5 Å². The predicted octanol–water partition coefficient (Wildman–Crippen LogP) is 4.92. The third kappa shape index (κ3) is 4.50. The van der Waals surface area contributed by atoms with Gasteiger partial charge in [0, 0.05) is 24.1 Å². The molecule has 3 nitrogen and oxygen atoms in total. The zero-order chi connectivity index (χ0) is 18.5. The maximum atomic E-state index is 5.88. The van der Waals surface area contributed by atoms with E-state index in [-0.39, 0.29) is 0 Å². The van der Waals surface area contributed by atoms with E-state index in [0.29, 0.717) is 18.6 Å². The fourth-order valence-corrected chi connectivity index (χ4v) is 3.43. The molecule has 0 aliphatic heterocycles. The zero-order valence-electron chi connectivity index (χ0n) is 15.6. The quantitative estimate of drug-likeness (QED) is 0.619. The van der Waals surface area contributed by atoms with Crippen molar-refractivity contribution >= 4 is 0 Å². The summed E-state index contributed by atoms with van der Waals surface area (Å²) in [6.07, 6.45) is 1.18. The molecule has 1 fully saturated rings. The van der Waals surface area contributed by atoms with Crippen LogP contribution in [-0.4, -0.2) is 13.2 Å². The molecule has 0 amide bonds. The molecule has 1 aliphatic carbocycles. The van der Waals surface area contributed by atoms with Crippen LogP contribution in [0.25, 0.3) is 0 Å². The van der Waals surface area contributed by atoms with Gasteiger partial charge in [0.1, 0.15) is 18.1 Å². The molecule has 27 heavy (non-hydrogen) atoms. The van der Waals surface area contributed by atoms with E-state index < -0.39 is 0 Å². The van der Waals surface area contributed by atoms with Crippen molar-refractivity contribution in [2.24, 2.45) is 0 Å². The highest BCUT2D eigenvalue weighted by Gasteiger charge is 2.37. The van der Waals surface area contributed by atoms with Crippen LogP contribution in [0.2, 0.25) is 0 Å². The SMILES string of the molecule is COc1ccccc1CNC1CC1c1ccc(OCc2ccccc2)cc1. The molecule has 2 unspecified atom stereocenters. The van der Waals surface area contributed by atoms with Crippen LogP contribution in [0.1, 0.15) is 29.0 Å². The van der Waals surface area contributed by atoms with Crippen LogP contribution in [0, 0.1) is 0 Å². The molecular formula is C24H25NO2. The molecule has 138 valence electrons. The summed E-state index contributed by atoms with van der Waals surface area (Å²) in [6.45, 7) is 1.44. The van der Waals surface area contributed by atoms with Gasteiger partial charge in [-0.1, -0.05) is 60.7 Å². The van der Waals surface area contributed by atoms with E-state index in [4.69, 9.17) is 9.47 Å². The number of benzene rings is 3. The van der Waals surface area contributed by atoms with Gasteiger partial charge >= 0.3 is 0 Å². The number of ether oxygens (including phenoxy) is 2. The minimum Gasteiger partial charge on any atom is -0.496 e. The molecule has 4 rings (SSSR count). The Morgan fingerprint density at radius 3 is 2.41 bits per heavy atom. The van der Waals surface area contributed by atoms with Crippen molar-refractivity contribution < 1.29 is 9.47 Å². The van der Waals surface area contributed by atoms with Crippen molar-refractivity contribution in [1.82, 2.24) is 5.32 Å². The molecule has 3 heteroatoms. The lowest BCUT2D eigenvalue weighted by atomic mass is 10.1. The summed E-state index contributed by atoms with van der Waals surface area (Å²) >= 11 is 0. The van der Waals surface area contributed by atoms with Crippen molar-refractivity contribution in [3.05, 3.63) is 95.6 Å². The zero-order valence-corrected chi connectivity index (χ0v) is 15.6. The second-order valence-corrected chi connectivity index (χ2v) is 6.98. The fourth-order valence-electron chi connectivity index (χ4n) is 3.43. The van der Waals surface area contributed by atoms with E-state index >= 15 is 0 Å². The smallest absolute Gasteiger partial charge is 0.123 e. The first-order chi connectivity index (χ1) is 13.3. The van der Waals surface area contributed by atoms with Crippen LogP contribution in [-0.2, 0) is 13.2 Å². The van der Waals surface area contributed by atoms with E-state index in [0.717, 1.165) is 18.0 Å². The van der Waals surface area contributed by atoms with Crippen LogP contribution < -0.4 is 14.8 Å². The number of hydrogen-bond donors (Lipinski definition) is 1. The van der Waals surface area contributed by atoms with Gasteiger partial charge in [-0.2, -0.15) is 0 Å². The van der Waals surface area contributed by atoms with Crippen molar-refractivity contribution in [3.63, 3.8) is 0 Å². The van der Waals surface area contributed by atoms with E-state index in [1.165, 1.54) is 23.1 Å². The molecule has 0 spiro atoms. The van der Waals surface area contributed by atoms with Gasteiger partial charge in [0.2, 0.25) is 0 Å². The largest absolute Gasteiger partial charge is 0.496 e. The molecule has 0 radical (unpaired) electrons. The van der Waals surface area contributed by atoms with Gasteiger partial charge in [-0.3, -0.25) is 0 Å². The highest BCUT2D eigenvalue weighted by atomic mass is 16.5. The summed E-state index contributed by atoms with van der Waals surface area (Å²) in [6, 6.07) is 27.5. The van der Waals surface area contributed by atoms with E-state index in [1.807, 2.05) is 30.3 Å². The molecule has 0 aromatic heterocycles. The number of nitrogens with one attached hydrogen (secondary N) is 1. The Bertz CT molecular complexity index is 861. The molecule has 1 N–H and O–H groups in total. The first kappa shape index (κ1) is 17.6. The predicted molar refractivity (Wildman–Crippen MR) is 108 cm³/mol. The Labute approximate surface area is 161 Å². The van der Waals surface area contributed by atoms with Gasteiger partial charge in [0.05, 0.1) is 7.11 Å². The molecule has 3 aromatic rings. The maximum absolute atomic E-state index is 5.88. The highest BCUT2D eigenvalue weighted by Crippen LogP contribution is 2.41. The Morgan fingerprint density at radius 2 is 1.63 bits per heavy atom. The first-order valence-electron chi connectivity index (χ1n) is 9.45. The molecule has 2 atom stereocenters. The summed E-state index contributed by atoms with van der Waals surface area (Å²) in [5.74, 6) is 2.45. The lowest BCUT2D eigenvalue weighted by Crippen LogP contribution is -2.17. The maximum Gasteiger partial charge on any atom is 0.123 e. The fraction of sp³-hybridized carbons (Fsp3) is 0.250. The average Bonchev–Trinajstić information content (AvgIpc) is 3.52. The molecular weight excluding hydrogens is 334 g/mol. The van der Waals surface area contributed by atoms with Gasteiger partial charge < -0.3 is 14.8 Å². The second-order valence-electron chi connectivity index (χ2n) is 6.98. The number of rotatable bonds is 8. The summed E-state index contributed by atoms with van der Waals surface area (Å²) in [7, 11) is 1.72. The molecule has 1 saturated carbocycles. The van der Waals surface area contributed by atoms with Crippen molar-refractivity contribution in [1.29, 1.82) is 0 Å². The number of methoxy groups -OCH3 is 1. The third-order valence-corrected chi connectivity index (χ3v) is 5.09. The van der Waals surface area contributed by atoms with Gasteiger partial charge in [0.15, 0.2) is 0 Å². The lowest BCUT2D eigenvalue weighted by Gasteiger charge is -2.10. The van der Waals surface area contributed by atoms with Gasteiger partial charge in [-0.25, -0.2) is 0 Å². The van der Waals surface area contributed by atoms with E-state index in [9.17, 15) is 0 Å². The van der Waals surface area contributed by atoms with E-state index in [2.05, 4.69) is 53.8 Å². The average molecular weight is 359 g/mol. The van der Waals surface area contributed by atoms with Crippen LogP contribution in [0.15, 0.2) is 78.9 Å². The Hall–Kier alpha value is -2.78. The molecule has 0 saturated heterocycles. The summed E-state index contributed by atoms with van der Waals surface area (Å²) < 4.78 is 11.3. The Morgan fingerprint density at radius 1 is 0.889 bits per heavy atom. The van der Waals surface area contributed by atoms with Crippen LogP contribution in [0.3, 0.4) is 0 Å². The topological polar surface area (TPSA) is 30.5 Å². The van der Waals surface area contributed by atoms with Crippen LogP contribution in [0.4, 0.5) is 0 Å². The number of hydrogen-bond acceptors (Lipinski definition) is 3. The number of para-hydroxylation sites is 1. The van der Waals surface area contributed by atoms with Gasteiger partial charge in [-0.05, 0) is 35.7 Å².